The first-order valence-corrected chi connectivity index (χ1v) is 8.78. The summed E-state index contributed by atoms with van der Waals surface area (Å²) in [6.45, 7) is 3.17. The van der Waals surface area contributed by atoms with Gasteiger partial charge < -0.3 is 10.6 Å². The molecule has 23 heavy (non-hydrogen) atoms. The number of nitrogens with one attached hydrogen (secondary N) is 2. The van der Waals surface area contributed by atoms with Gasteiger partial charge in [0.15, 0.2) is 0 Å². The van der Waals surface area contributed by atoms with Crippen molar-refractivity contribution in [3.8, 4) is 0 Å². The molecule has 1 aliphatic heterocycles. The van der Waals surface area contributed by atoms with Gasteiger partial charge in [-0.2, -0.15) is 0 Å². The average molecular weight is 357 g/mol. The number of carbonyl (C=O) groups excluding carboxylic acids is 1. The Morgan fingerprint density at radius 2 is 1.91 bits per heavy atom. The second kappa shape index (κ2) is 7.87. The first kappa shape index (κ1) is 18.6. The van der Waals surface area contributed by atoms with Gasteiger partial charge in [0.2, 0.25) is 5.91 Å². The summed E-state index contributed by atoms with van der Waals surface area (Å²) in [6.07, 6.45) is 6.18. The lowest BCUT2D eigenvalue weighted by atomic mass is 9.77. The van der Waals surface area contributed by atoms with E-state index in [0.29, 0.717) is 12.1 Å². The van der Waals surface area contributed by atoms with E-state index in [1.807, 2.05) is 24.3 Å². The van der Waals surface area contributed by atoms with Gasteiger partial charge in [0, 0.05) is 17.1 Å². The zero-order valence-electron chi connectivity index (χ0n) is 13.6. The number of rotatable bonds is 3. The van der Waals surface area contributed by atoms with E-state index in [1.54, 1.807) is 0 Å². The topological polar surface area (TPSA) is 41.1 Å². The predicted octanol–water partition coefficient (Wildman–Crippen LogP) is 3.83. The fourth-order valence-electron chi connectivity index (χ4n) is 3.98. The van der Waals surface area contributed by atoms with E-state index < -0.39 is 0 Å². The molecule has 5 heteroatoms. The fraction of sp³-hybridized carbons (Fsp3) is 0.611. The van der Waals surface area contributed by atoms with Crippen molar-refractivity contribution in [3.63, 3.8) is 0 Å². The van der Waals surface area contributed by atoms with Crippen LogP contribution in [0.1, 0.15) is 51.0 Å². The fourth-order valence-corrected chi connectivity index (χ4v) is 4.11. The second-order valence-electron chi connectivity index (χ2n) is 6.85. The van der Waals surface area contributed by atoms with E-state index in [-0.39, 0.29) is 23.7 Å². The van der Waals surface area contributed by atoms with Crippen LogP contribution in [0.5, 0.6) is 0 Å². The van der Waals surface area contributed by atoms with E-state index in [9.17, 15) is 4.79 Å². The molecule has 1 saturated heterocycles. The van der Waals surface area contributed by atoms with Crippen molar-refractivity contribution in [2.24, 2.45) is 0 Å². The SMILES string of the molecule is CC1CC(NC(=O)C2(c3ccc(Cl)cc3)CCCC2)CCN1.Cl. The molecule has 0 radical (unpaired) electrons. The van der Waals surface area contributed by atoms with Crippen LogP contribution in [0.25, 0.3) is 0 Å². The van der Waals surface area contributed by atoms with E-state index in [1.165, 1.54) is 0 Å². The van der Waals surface area contributed by atoms with Crippen LogP contribution < -0.4 is 10.6 Å². The zero-order valence-corrected chi connectivity index (χ0v) is 15.2. The number of hydrogen-bond acceptors (Lipinski definition) is 2. The summed E-state index contributed by atoms with van der Waals surface area (Å²) in [5.41, 5.74) is 0.771. The molecule has 2 atom stereocenters. The molecule has 0 spiro atoms. The number of hydrogen-bond donors (Lipinski definition) is 2. The third-order valence-corrected chi connectivity index (χ3v) is 5.50. The molecule has 1 aliphatic carbocycles. The van der Waals surface area contributed by atoms with Gasteiger partial charge in [-0.3, -0.25) is 4.79 Å². The van der Waals surface area contributed by atoms with E-state index >= 15 is 0 Å². The quantitative estimate of drug-likeness (QED) is 0.863. The highest BCUT2D eigenvalue weighted by atomic mass is 35.5. The maximum Gasteiger partial charge on any atom is 0.230 e. The van der Waals surface area contributed by atoms with Crippen molar-refractivity contribution in [1.29, 1.82) is 0 Å². The van der Waals surface area contributed by atoms with Crippen LogP contribution in [0.3, 0.4) is 0 Å². The summed E-state index contributed by atoms with van der Waals surface area (Å²) < 4.78 is 0. The summed E-state index contributed by atoms with van der Waals surface area (Å²) in [5, 5.41) is 7.50. The Morgan fingerprint density at radius 3 is 2.52 bits per heavy atom. The standard InChI is InChI=1S/C18H25ClN2O.ClH/c1-13-12-16(8-11-20-13)21-17(22)18(9-2-3-10-18)14-4-6-15(19)7-5-14;/h4-7,13,16,20H,2-3,8-12H2,1H3,(H,21,22);1H. The molecule has 1 aromatic rings. The minimum Gasteiger partial charge on any atom is -0.352 e. The second-order valence-corrected chi connectivity index (χ2v) is 7.28. The van der Waals surface area contributed by atoms with Gasteiger partial charge >= 0.3 is 0 Å². The van der Waals surface area contributed by atoms with Crippen LogP contribution in [-0.4, -0.2) is 24.5 Å². The third kappa shape index (κ3) is 4.01. The summed E-state index contributed by atoms with van der Waals surface area (Å²) >= 11 is 6.01. The van der Waals surface area contributed by atoms with Gasteiger partial charge in [-0.1, -0.05) is 36.6 Å². The molecule has 1 aromatic carbocycles. The largest absolute Gasteiger partial charge is 0.352 e. The molecule has 0 bridgehead atoms. The molecule has 2 N–H and O–H groups in total. The lowest BCUT2D eigenvalue weighted by Crippen LogP contribution is -2.51. The smallest absolute Gasteiger partial charge is 0.230 e. The monoisotopic (exact) mass is 356 g/mol. The van der Waals surface area contributed by atoms with Gasteiger partial charge in [-0.25, -0.2) is 0 Å². The van der Waals surface area contributed by atoms with Gasteiger partial charge in [-0.15, -0.1) is 12.4 Å². The predicted molar refractivity (Wildman–Crippen MR) is 97.5 cm³/mol. The minimum atomic E-state index is -0.349. The zero-order chi connectivity index (χ0) is 15.6. The third-order valence-electron chi connectivity index (χ3n) is 5.25. The summed E-state index contributed by atoms with van der Waals surface area (Å²) in [7, 11) is 0. The number of carbonyl (C=O) groups is 1. The first-order chi connectivity index (χ1) is 10.6. The van der Waals surface area contributed by atoms with E-state index in [0.717, 1.165) is 55.7 Å². The van der Waals surface area contributed by atoms with Crippen molar-refractivity contribution < 1.29 is 4.79 Å². The molecule has 1 heterocycles. The average Bonchev–Trinajstić information content (AvgIpc) is 2.99. The molecular formula is C18H26Cl2N2O. The number of benzene rings is 1. The Kier molecular flexibility index (Phi) is 6.35. The molecule has 3 nitrogen and oxygen atoms in total. The van der Waals surface area contributed by atoms with Gasteiger partial charge in [0.05, 0.1) is 5.41 Å². The highest BCUT2D eigenvalue weighted by Crippen LogP contribution is 2.41. The summed E-state index contributed by atoms with van der Waals surface area (Å²) in [5.74, 6) is 0.214. The lowest BCUT2D eigenvalue weighted by molar-refractivity contribution is -0.127. The molecule has 2 aliphatic rings. The normalized spacial score (nSPS) is 26.3. The van der Waals surface area contributed by atoms with Crippen LogP contribution in [0.4, 0.5) is 0 Å². The van der Waals surface area contributed by atoms with Crippen LogP contribution >= 0.6 is 24.0 Å². The van der Waals surface area contributed by atoms with Crippen LogP contribution in [0.15, 0.2) is 24.3 Å². The van der Waals surface area contributed by atoms with Crippen molar-refractivity contribution in [2.45, 2.75) is 62.9 Å². The van der Waals surface area contributed by atoms with Crippen molar-refractivity contribution >= 4 is 29.9 Å². The minimum absolute atomic E-state index is 0. The van der Waals surface area contributed by atoms with Crippen LogP contribution in [0, 0.1) is 0 Å². The Bertz CT molecular complexity index is 526. The van der Waals surface area contributed by atoms with Gasteiger partial charge in [0.25, 0.3) is 0 Å². The molecule has 1 saturated carbocycles. The van der Waals surface area contributed by atoms with Crippen molar-refractivity contribution in [2.75, 3.05) is 6.54 Å². The van der Waals surface area contributed by atoms with E-state index in [4.69, 9.17) is 11.6 Å². The van der Waals surface area contributed by atoms with Crippen molar-refractivity contribution in [1.82, 2.24) is 10.6 Å². The maximum atomic E-state index is 13.1. The highest BCUT2D eigenvalue weighted by molar-refractivity contribution is 6.30. The maximum absolute atomic E-state index is 13.1. The van der Waals surface area contributed by atoms with Gasteiger partial charge in [0.1, 0.15) is 0 Å². The van der Waals surface area contributed by atoms with Gasteiger partial charge in [-0.05, 0) is 56.8 Å². The lowest BCUT2D eigenvalue weighted by Gasteiger charge is -2.34. The number of amides is 1. The number of halogens is 2. The molecule has 0 aromatic heterocycles. The molecule has 2 unspecified atom stereocenters. The first-order valence-electron chi connectivity index (χ1n) is 8.40. The van der Waals surface area contributed by atoms with E-state index in [2.05, 4.69) is 17.6 Å². The highest BCUT2D eigenvalue weighted by Gasteiger charge is 2.43. The molecule has 3 rings (SSSR count). The Hall–Kier alpha value is -0.770. The Morgan fingerprint density at radius 1 is 1.26 bits per heavy atom. The molecular weight excluding hydrogens is 331 g/mol. The number of piperidine rings is 1. The van der Waals surface area contributed by atoms with Crippen molar-refractivity contribution in [3.05, 3.63) is 34.9 Å². The van der Waals surface area contributed by atoms with Crippen LogP contribution in [-0.2, 0) is 10.2 Å². The summed E-state index contributed by atoms with van der Waals surface area (Å²) in [4.78, 5) is 13.1. The summed E-state index contributed by atoms with van der Waals surface area (Å²) in [6, 6.07) is 8.63. The molecule has 1 amide bonds. The molecule has 2 fully saturated rings. The molecule has 128 valence electrons. The Labute approximate surface area is 150 Å². The van der Waals surface area contributed by atoms with Crippen LogP contribution in [0.2, 0.25) is 5.02 Å². The Balaban J connectivity index is 0.00000192.